The van der Waals surface area contributed by atoms with Crippen molar-refractivity contribution in [2.45, 2.75) is 6.61 Å². The number of amides is 1. The van der Waals surface area contributed by atoms with E-state index in [9.17, 15) is 9.18 Å². The molecule has 3 aromatic carbocycles. The molecule has 7 nitrogen and oxygen atoms in total. The molecule has 0 atom stereocenters. The highest BCUT2D eigenvalue weighted by Gasteiger charge is 2.13. The lowest BCUT2D eigenvalue weighted by molar-refractivity contribution is 0.102. The summed E-state index contributed by atoms with van der Waals surface area (Å²) in [4.78, 5) is 12.8. The third-order valence-corrected chi connectivity index (χ3v) is 4.16. The molecule has 0 saturated heterocycles. The van der Waals surface area contributed by atoms with Crippen LogP contribution in [0.15, 0.2) is 72.8 Å². The molecule has 0 radical (unpaired) electrons. The number of hydrogen-bond acceptors (Lipinski definition) is 5. The van der Waals surface area contributed by atoms with E-state index < -0.39 is 0 Å². The van der Waals surface area contributed by atoms with Gasteiger partial charge >= 0.3 is 0 Å². The summed E-state index contributed by atoms with van der Waals surface area (Å²) >= 11 is 0. The summed E-state index contributed by atoms with van der Waals surface area (Å²) in [7, 11) is 0. The normalized spacial score (nSPS) is 10.5. The number of aromatic nitrogens is 4. The van der Waals surface area contributed by atoms with Crippen molar-refractivity contribution < 1.29 is 13.9 Å². The van der Waals surface area contributed by atoms with Crippen LogP contribution in [0.25, 0.3) is 11.4 Å². The van der Waals surface area contributed by atoms with Crippen molar-refractivity contribution in [3.63, 3.8) is 0 Å². The van der Waals surface area contributed by atoms with Crippen molar-refractivity contribution in [2.24, 2.45) is 0 Å². The molecule has 0 spiro atoms. The van der Waals surface area contributed by atoms with Gasteiger partial charge in [0.2, 0.25) is 5.82 Å². The Labute approximate surface area is 165 Å². The summed E-state index contributed by atoms with van der Waals surface area (Å²) in [6.45, 7) is 0.220. The topological polar surface area (TPSA) is 92.8 Å². The van der Waals surface area contributed by atoms with Gasteiger partial charge in [-0.15, -0.1) is 10.2 Å². The highest BCUT2D eigenvalue weighted by molar-refractivity contribution is 6.06. The molecule has 0 unspecified atom stereocenters. The molecule has 0 saturated carbocycles. The van der Waals surface area contributed by atoms with E-state index in [0.29, 0.717) is 22.8 Å². The minimum atomic E-state index is -0.315. The molecule has 1 aromatic heterocycles. The SMILES string of the molecule is O=C(Nc1cccc(-c2nn[nH]n2)c1)c1ccccc1OCc1ccc(F)cc1. The number of carbonyl (C=O) groups excluding carboxylic acids is 1. The van der Waals surface area contributed by atoms with Crippen LogP contribution in [0.5, 0.6) is 5.75 Å². The predicted molar refractivity (Wildman–Crippen MR) is 105 cm³/mol. The van der Waals surface area contributed by atoms with Crippen LogP contribution < -0.4 is 10.1 Å². The van der Waals surface area contributed by atoms with Crippen LogP contribution in [0.1, 0.15) is 15.9 Å². The maximum absolute atomic E-state index is 13.0. The Balaban J connectivity index is 1.49. The van der Waals surface area contributed by atoms with Crippen LogP contribution in [-0.4, -0.2) is 26.5 Å². The molecule has 1 amide bonds. The molecule has 4 aromatic rings. The number of benzene rings is 3. The van der Waals surface area contributed by atoms with Crippen LogP contribution in [0, 0.1) is 5.82 Å². The molecule has 144 valence electrons. The molecular weight excluding hydrogens is 373 g/mol. The maximum Gasteiger partial charge on any atom is 0.259 e. The summed E-state index contributed by atoms with van der Waals surface area (Å²) in [5, 5.41) is 16.7. The van der Waals surface area contributed by atoms with Crippen LogP contribution >= 0.6 is 0 Å². The first-order valence-electron chi connectivity index (χ1n) is 8.80. The first-order chi connectivity index (χ1) is 14.2. The monoisotopic (exact) mass is 389 g/mol. The Hall–Kier alpha value is -4.07. The van der Waals surface area contributed by atoms with Crippen LogP contribution in [0.4, 0.5) is 10.1 Å². The zero-order valence-electron chi connectivity index (χ0n) is 15.2. The number of carbonyl (C=O) groups is 1. The molecule has 0 bridgehead atoms. The minimum absolute atomic E-state index is 0.220. The highest BCUT2D eigenvalue weighted by atomic mass is 19.1. The number of para-hydroxylation sites is 1. The average molecular weight is 389 g/mol. The summed E-state index contributed by atoms with van der Waals surface area (Å²) in [6.07, 6.45) is 0. The number of ether oxygens (including phenoxy) is 1. The molecule has 0 fully saturated rings. The van der Waals surface area contributed by atoms with Crippen molar-refractivity contribution >= 4 is 11.6 Å². The van der Waals surface area contributed by atoms with E-state index in [0.717, 1.165) is 11.1 Å². The smallest absolute Gasteiger partial charge is 0.259 e. The van der Waals surface area contributed by atoms with Gasteiger partial charge in [-0.2, -0.15) is 5.21 Å². The van der Waals surface area contributed by atoms with Crippen LogP contribution in [0.2, 0.25) is 0 Å². The molecule has 1 heterocycles. The fourth-order valence-electron chi connectivity index (χ4n) is 2.74. The number of rotatable bonds is 6. The average Bonchev–Trinajstić information content (AvgIpc) is 3.29. The van der Waals surface area contributed by atoms with Crippen molar-refractivity contribution in [3.05, 3.63) is 89.7 Å². The number of nitrogens with one attached hydrogen (secondary N) is 2. The summed E-state index contributed by atoms with van der Waals surface area (Å²) in [5.41, 5.74) is 2.50. The zero-order chi connectivity index (χ0) is 20.1. The number of anilines is 1. The molecule has 0 aliphatic heterocycles. The molecule has 4 rings (SSSR count). The summed E-state index contributed by atoms with van der Waals surface area (Å²) in [6, 6.07) is 20.1. The second-order valence-corrected chi connectivity index (χ2v) is 6.18. The number of nitrogens with zero attached hydrogens (tertiary/aromatic N) is 3. The van der Waals surface area contributed by atoms with E-state index in [-0.39, 0.29) is 18.3 Å². The van der Waals surface area contributed by atoms with Gasteiger partial charge in [0.15, 0.2) is 0 Å². The Kier molecular flexibility index (Phi) is 5.24. The lowest BCUT2D eigenvalue weighted by atomic mass is 10.1. The molecule has 8 heteroatoms. The van der Waals surface area contributed by atoms with E-state index in [1.54, 1.807) is 54.6 Å². The van der Waals surface area contributed by atoms with Crippen molar-refractivity contribution in [3.8, 4) is 17.1 Å². The van der Waals surface area contributed by atoms with Gasteiger partial charge in [0.1, 0.15) is 18.2 Å². The van der Waals surface area contributed by atoms with E-state index in [1.807, 2.05) is 6.07 Å². The van der Waals surface area contributed by atoms with E-state index in [2.05, 4.69) is 25.9 Å². The molecular formula is C21H16FN5O2. The van der Waals surface area contributed by atoms with Crippen LogP contribution in [0.3, 0.4) is 0 Å². The molecule has 0 aliphatic rings. The van der Waals surface area contributed by atoms with Gasteiger partial charge in [0, 0.05) is 11.3 Å². The van der Waals surface area contributed by atoms with E-state index in [1.165, 1.54) is 12.1 Å². The lowest BCUT2D eigenvalue weighted by Gasteiger charge is -2.12. The fourth-order valence-corrected chi connectivity index (χ4v) is 2.74. The Morgan fingerprint density at radius 2 is 1.86 bits per heavy atom. The van der Waals surface area contributed by atoms with Gasteiger partial charge in [-0.3, -0.25) is 4.79 Å². The van der Waals surface area contributed by atoms with Crippen LogP contribution in [-0.2, 0) is 6.61 Å². The third-order valence-electron chi connectivity index (χ3n) is 4.16. The number of H-pyrrole nitrogens is 1. The molecule has 0 aliphatic carbocycles. The van der Waals surface area contributed by atoms with Gasteiger partial charge in [0.05, 0.1) is 5.56 Å². The Bertz CT molecular complexity index is 1110. The van der Waals surface area contributed by atoms with Gasteiger partial charge in [-0.1, -0.05) is 36.4 Å². The maximum atomic E-state index is 13.0. The largest absolute Gasteiger partial charge is 0.488 e. The Morgan fingerprint density at radius 3 is 2.66 bits per heavy atom. The first kappa shape index (κ1) is 18.3. The zero-order valence-corrected chi connectivity index (χ0v) is 15.2. The number of hydrogen-bond donors (Lipinski definition) is 2. The fraction of sp³-hybridized carbons (Fsp3) is 0.0476. The quantitative estimate of drug-likeness (QED) is 0.523. The van der Waals surface area contributed by atoms with Gasteiger partial charge < -0.3 is 10.1 Å². The van der Waals surface area contributed by atoms with E-state index in [4.69, 9.17) is 4.74 Å². The lowest BCUT2D eigenvalue weighted by Crippen LogP contribution is -2.13. The van der Waals surface area contributed by atoms with Crippen molar-refractivity contribution in [1.29, 1.82) is 0 Å². The molecule has 2 N–H and O–H groups in total. The first-order valence-corrected chi connectivity index (χ1v) is 8.80. The van der Waals surface area contributed by atoms with Gasteiger partial charge in [-0.05, 0) is 47.2 Å². The number of halogens is 1. The number of tetrazole rings is 1. The molecule has 29 heavy (non-hydrogen) atoms. The predicted octanol–water partition coefficient (Wildman–Crippen LogP) is 3.84. The highest BCUT2D eigenvalue weighted by Crippen LogP contribution is 2.23. The van der Waals surface area contributed by atoms with Crippen molar-refractivity contribution in [1.82, 2.24) is 20.6 Å². The Morgan fingerprint density at radius 1 is 1.03 bits per heavy atom. The standard InChI is InChI=1S/C21H16FN5O2/c22-16-10-8-14(9-11-16)13-29-19-7-2-1-6-18(19)21(28)23-17-5-3-4-15(12-17)20-24-26-27-25-20/h1-12H,13H2,(H,23,28)(H,24,25,26,27). The third kappa shape index (κ3) is 4.44. The van der Waals surface area contributed by atoms with Gasteiger partial charge in [-0.25, -0.2) is 4.39 Å². The van der Waals surface area contributed by atoms with Crippen molar-refractivity contribution in [2.75, 3.05) is 5.32 Å². The second kappa shape index (κ2) is 8.30. The number of aromatic amines is 1. The summed E-state index contributed by atoms with van der Waals surface area (Å²) in [5.74, 6) is 0.245. The van der Waals surface area contributed by atoms with E-state index >= 15 is 0 Å². The second-order valence-electron chi connectivity index (χ2n) is 6.18. The minimum Gasteiger partial charge on any atom is -0.488 e. The summed E-state index contributed by atoms with van der Waals surface area (Å²) < 4.78 is 18.8. The van der Waals surface area contributed by atoms with Gasteiger partial charge in [0.25, 0.3) is 5.91 Å².